The van der Waals surface area contributed by atoms with Crippen molar-refractivity contribution in [3.05, 3.63) is 152 Å². The fourth-order valence-electron chi connectivity index (χ4n) is 12.3. The number of nitrogens with one attached hydrogen (secondary N) is 1. The van der Waals surface area contributed by atoms with Crippen LogP contribution < -0.4 is 9.80 Å². The Morgan fingerprint density at radius 3 is 1.66 bits per heavy atom. The van der Waals surface area contributed by atoms with Gasteiger partial charge in [0, 0.05) is 96.2 Å². The Morgan fingerprint density at radius 2 is 1.17 bits per heavy atom. The Morgan fingerprint density at radius 1 is 0.689 bits per heavy atom. The quantitative estimate of drug-likeness (QED) is 0.0280. The summed E-state index contributed by atoms with van der Waals surface area (Å²) >= 11 is 10.2. The number of anilines is 2. The number of morpholine rings is 1. The van der Waals surface area contributed by atoms with Gasteiger partial charge in [-0.25, -0.2) is 14.5 Å². The normalized spacial score (nSPS) is 16.3. The minimum absolute atomic E-state index is 0. The molecule has 0 spiro atoms. The summed E-state index contributed by atoms with van der Waals surface area (Å²) in [6.45, 7) is 48.3. The maximum atomic E-state index is 13.6. The van der Waals surface area contributed by atoms with Gasteiger partial charge in [-0.05, 0) is 166 Å². The first-order valence-electron chi connectivity index (χ1n) is 31.2. The van der Waals surface area contributed by atoms with Crippen molar-refractivity contribution < 1.29 is 43.0 Å². The van der Waals surface area contributed by atoms with Crippen molar-refractivity contribution >= 4 is 109 Å². The van der Waals surface area contributed by atoms with Crippen LogP contribution in [0.15, 0.2) is 72.8 Å². The molecule has 4 saturated heterocycles. The van der Waals surface area contributed by atoms with E-state index in [2.05, 4.69) is 138 Å². The summed E-state index contributed by atoms with van der Waals surface area (Å²) in [7, 11) is 0.628. The fourth-order valence-corrected chi connectivity index (χ4v) is 12.5. The Balaban J connectivity index is 0.000000268. The summed E-state index contributed by atoms with van der Waals surface area (Å²) in [6, 6.07) is 24.0. The molecule has 5 heterocycles. The van der Waals surface area contributed by atoms with Gasteiger partial charge in [0.1, 0.15) is 22.6 Å². The van der Waals surface area contributed by atoms with Crippen LogP contribution in [0.5, 0.6) is 0 Å². The van der Waals surface area contributed by atoms with Crippen molar-refractivity contribution in [2.45, 2.75) is 181 Å². The van der Waals surface area contributed by atoms with E-state index in [1.54, 1.807) is 6.07 Å². The summed E-state index contributed by atoms with van der Waals surface area (Å²) in [5, 5.41) is 11.1. The van der Waals surface area contributed by atoms with Gasteiger partial charge in [-0.15, -0.1) is 0 Å². The summed E-state index contributed by atoms with van der Waals surface area (Å²) < 4.78 is 16.8. The number of carbonyl (C=O) groups is 3. The Labute approximate surface area is 570 Å². The van der Waals surface area contributed by atoms with Gasteiger partial charge in [-0.2, -0.15) is 0 Å². The van der Waals surface area contributed by atoms with Crippen molar-refractivity contribution in [3.8, 4) is 0 Å². The molecule has 16 nitrogen and oxygen atoms in total. The number of fused-ring (bicyclic) bond motifs is 1. The van der Waals surface area contributed by atoms with Gasteiger partial charge >= 0.3 is 61.4 Å². The molecule has 5 aromatic rings. The van der Waals surface area contributed by atoms with Gasteiger partial charge in [-0.3, -0.25) is 24.6 Å². The maximum absolute atomic E-state index is 13.6. The van der Waals surface area contributed by atoms with Gasteiger partial charge in [0.05, 0.1) is 36.8 Å². The molecule has 0 atom stereocenters. The molecule has 9 rings (SSSR count). The number of aryl methyl sites for hydroxylation is 2. The van der Waals surface area contributed by atoms with Crippen LogP contribution in [0.25, 0.3) is 20.6 Å². The van der Waals surface area contributed by atoms with Crippen LogP contribution in [0.4, 0.5) is 28.4 Å². The number of Topliss-reactive ketones (excluding diaryl/α,β-unsaturated/α-hetero) is 1. The summed E-state index contributed by atoms with van der Waals surface area (Å²) in [5.41, 5.74) is 7.55. The third-order valence-corrected chi connectivity index (χ3v) is 17.6. The fraction of sp³-hybridized carbons (Fsp3) is 0.543. The Hall–Kier alpha value is -4.78. The van der Waals surface area contributed by atoms with Crippen LogP contribution in [0.3, 0.4) is 0 Å². The number of nitro benzene ring substituents is 1. The number of ether oxygens (including phenoxy) is 3. The molecule has 489 valence electrons. The van der Waals surface area contributed by atoms with E-state index in [9.17, 15) is 24.5 Å². The molecule has 4 aliphatic rings. The topological polar surface area (TPSA) is 160 Å². The molecule has 0 radical (unpaired) electrons. The number of ketones is 1. The van der Waals surface area contributed by atoms with Crippen LogP contribution in [-0.4, -0.2) is 126 Å². The number of aromatic amines is 1. The van der Waals surface area contributed by atoms with Gasteiger partial charge in [0.25, 0.3) is 5.69 Å². The molecule has 0 bridgehead atoms. The zero-order valence-electron chi connectivity index (χ0n) is 55.2. The summed E-state index contributed by atoms with van der Waals surface area (Å²) in [4.78, 5) is 69.3. The second kappa shape index (κ2) is 34.4. The van der Waals surface area contributed by atoms with Crippen molar-refractivity contribution in [1.82, 2.24) is 14.8 Å². The van der Waals surface area contributed by atoms with Crippen molar-refractivity contribution in [2.24, 2.45) is 0 Å². The minimum atomic E-state index is -0.760. The van der Waals surface area contributed by atoms with E-state index in [-0.39, 0.29) is 42.0 Å². The number of esters is 2. The van der Waals surface area contributed by atoms with Crippen LogP contribution in [-0.2, 0) is 56.9 Å². The zero-order chi connectivity index (χ0) is 65.4. The van der Waals surface area contributed by atoms with E-state index >= 15 is 0 Å². The molecule has 1 aromatic heterocycles. The molecule has 4 aliphatic heterocycles. The van der Waals surface area contributed by atoms with Gasteiger partial charge in [0.2, 0.25) is 0 Å². The number of hydrogen-bond donors (Lipinski definition) is 1. The van der Waals surface area contributed by atoms with Gasteiger partial charge < -0.3 is 41.3 Å². The standard InChI is InChI=1S/C35H46N4O2.C27H42N2O4.C7H3ClN2O2.CH3.2HI.V/c1-8-24-12-13-25(22-30(24)39-20-16-27(17-21-39)38-18-10-9-11-19-38)35(5,6)32-31(33(40)41-34(2,3)4)28-15-14-26(36-7)23-29(28)37-32;1-7-20-8-9-21(27(5,6)24(30)19-25(31)33-26(2,3)4)18-23(20)29-12-10-22(11-13-29)28-14-16-32-17-15-28;1-9-5-2-3-6(8)7(4-5)10(11)12;;;;/h12-15,22-23,27,37H,8-11,16-21H2,1-6H3;8-9,18,22H,7,10-17,19H2,1-6H3;2-4H;1H3;2*1H;/q;;;-1;;;+2/p-2. The molecular weight excluding hydrogens is 1420 g/mol. The van der Waals surface area contributed by atoms with Crippen molar-refractivity contribution in [3.63, 3.8) is 0 Å². The number of benzene rings is 4. The van der Waals surface area contributed by atoms with Crippen LogP contribution >= 0.6 is 51.6 Å². The number of halogens is 3. The van der Waals surface area contributed by atoms with E-state index in [0.717, 1.165) is 112 Å². The first-order chi connectivity index (χ1) is 42.1. The molecule has 4 fully saturated rings. The number of nitrogens with zero attached hydrogens (tertiary/aromatic N) is 7. The van der Waals surface area contributed by atoms with E-state index in [1.807, 2.05) is 67.5 Å². The molecule has 0 aliphatic carbocycles. The van der Waals surface area contributed by atoms with Crippen molar-refractivity contribution in [1.29, 1.82) is 0 Å². The second-order valence-electron chi connectivity index (χ2n) is 26.3. The molecule has 4 aromatic carbocycles. The summed E-state index contributed by atoms with van der Waals surface area (Å²) in [5.74, 6) is -0.915. The third-order valence-electron chi connectivity index (χ3n) is 17.3. The molecular formula is C70H94ClI2N8O8V-. The van der Waals surface area contributed by atoms with Crippen LogP contribution in [0.2, 0.25) is 5.02 Å². The third kappa shape index (κ3) is 20.6. The first-order valence-corrected chi connectivity index (χ1v) is 40.6. The average Bonchev–Trinajstić information content (AvgIpc) is 1.62. The molecule has 0 unspecified atom stereocenters. The SMILES string of the molecule is CCc1ccc(C(C)(C)C(=O)CC(=O)OC(C)(C)C)cc1N1CCC(N2CCOCC2)CC1.[C-]#[N+]c1ccc(Cl)c([N+](=O)[O-])c1.[C-]#[N+]c1ccc2c(C(=O)OC(C)(C)C)c(C(C)(C)c3ccc(CC)c(N4CCC(N5CCCCC5)CC4)c3)[nH]c2c1.[CH3-].[I][V][I]. The molecule has 0 saturated carbocycles. The number of likely N-dealkylation sites (tertiary alicyclic amines) is 1. The molecule has 90 heavy (non-hydrogen) atoms. The van der Waals surface area contributed by atoms with Gasteiger partial charge in [-0.1, -0.05) is 88.2 Å². The van der Waals surface area contributed by atoms with Crippen LogP contribution in [0.1, 0.15) is 173 Å². The molecule has 1 N–H and O–H groups in total. The van der Waals surface area contributed by atoms with Crippen LogP contribution in [0, 0.1) is 30.7 Å². The molecule has 0 amide bonds. The second-order valence-corrected chi connectivity index (χ2v) is 38.5. The number of H-pyrrole nitrogens is 1. The molecule has 20 heteroatoms. The van der Waals surface area contributed by atoms with E-state index in [0.29, 0.717) is 32.8 Å². The number of carbonyl (C=O) groups excluding carboxylic acids is 3. The number of piperidine rings is 3. The zero-order valence-corrected chi connectivity index (χ0v) is 61.7. The number of rotatable bonds is 14. The van der Waals surface area contributed by atoms with Crippen molar-refractivity contribution in [2.75, 3.05) is 75.4 Å². The number of nitro groups is 1. The Bertz CT molecular complexity index is 3320. The monoisotopic (exact) mass is 1510 g/mol. The van der Waals surface area contributed by atoms with E-state index in [4.69, 9.17) is 39.0 Å². The average molecular weight is 1520 g/mol. The van der Waals surface area contributed by atoms with E-state index < -0.39 is 32.9 Å². The van der Waals surface area contributed by atoms with Gasteiger partial charge in [0.15, 0.2) is 17.2 Å². The number of aromatic nitrogens is 1. The first kappa shape index (κ1) is 75.9. The summed E-state index contributed by atoms with van der Waals surface area (Å²) in [6.07, 6.45) is 10.5. The number of hydrogen-bond acceptors (Lipinski definition) is 12. The predicted molar refractivity (Wildman–Crippen MR) is 379 cm³/mol. The Kier molecular flexibility index (Phi) is 29.0. The predicted octanol–water partition coefficient (Wildman–Crippen LogP) is 17.2. The van der Waals surface area contributed by atoms with E-state index in [1.165, 1.54) is 79.8 Å².